The molecule has 1 aromatic carbocycles. The number of rotatable bonds is 3. The fourth-order valence-corrected chi connectivity index (χ4v) is 1.92. The van der Waals surface area contributed by atoms with Gasteiger partial charge in [-0.1, -0.05) is 12.1 Å². The Morgan fingerprint density at radius 3 is 1.86 bits per heavy atom. The molecule has 1 rings (SSSR count). The van der Waals surface area contributed by atoms with Crippen LogP contribution in [0.15, 0.2) is 29.3 Å². The van der Waals surface area contributed by atoms with E-state index in [4.69, 9.17) is 14.6 Å². The molecular formula is C19H27N3O7. The van der Waals surface area contributed by atoms with E-state index in [-0.39, 0.29) is 17.2 Å². The topological polar surface area (TPSA) is 147 Å². The number of nitrogens with zero attached hydrogens (tertiary/aromatic N) is 1. The lowest BCUT2D eigenvalue weighted by molar-refractivity contribution is -0.146. The number of aliphatic carboxylic acids is 1. The van der Waals surface area contributed by atoms with Crippen LogP contribution in [-0.4, -0.2) is 45.5 Å². The van der Waals surface area contributed by atoms with Crippen LogP contribution in [0.2, 0.25) is 0 Å². The molecule has 10 nitrogen and oxygen atoms in total. The molecule has 0 aromatic heterocycles. The van der Waals surface area contributed by atoms with Crippen LogP contribution in [0.3, 0.4) is 0 Å². The highest BCUT2D eigenvalue weighted by Gasteiger charge is 2.22. The summed E-state index contributed by atoms with van der Waals surface area (Å²) >= 11 is 0. The Morgan fingerprint density at radius 2 is 1.45 bits per heavy atom. The molecule has 0 heterocycles. The minimum Gasteiger partial charge on any atom is -0.479 e. The summed E-state index contributed by atoms with van der Waals surface area (Å²) in [4.78, 5) is 39.2. The van der Waals surface area contributed by atoms with E-state index in [1.54, 1.807) is 41.5 Å². The number of carbonyl (C=O) groups is 3. The maximum Gasteiger partial charge on any atom is 0.414 e. The molecule has 0 fully saturated rings. The molecule has 0 bridgehead atoms. The van der Waals surface area contributed by atoms with Crippen LogP contribution in [0.25, 0.3) is 0 Å². The zero-order valence-electron chi connectivity index (χ0n) is 17.3. The number of hydrogen-bond acceptors (Lipinski definition) is 7. The number of carboxylic acids is 1. The van der Waals surface area contributed by atoms with E-state index < -0.39 is 35.5 Å². The average molecular weight is 409 g/mol. The normalized spacial score (nSPS) is 12.4. The van der Waals surface area contributed by atoms with Crippen molar-refractivity contribution in [3.63, 3.8) is 0 Å². The van der Waals surface area contributed by atoms with Gasteiger partial charge in [-0.05, 0) is 59.2 Å². The second-order valence-corrected chi connectivity index (χ2v) is 8.05. The molecule has 0 saturated carbocycles. The lowest BCUT2D eigenvalue weighted by atomic mass is 10.1. The number of ether oxygens (including phenoxy) is 2. The molecule has 1 atom stereocenters. The van der Waals surface area contributed by atoms with Gasteiger partial charge in [0.1, 0.15) is 11.2 Å². The zero-order valence-corrected chi connectivity index (χ0v) is 17.3. The lowest BCUT2D eigenvalue weighted by Crippen LogP contribution is -2.47. The van der Waals surface area contributed by atoms with Gasteiger partial charge in [-0.2, -0.15) is 0 Å². The molecule has 29 heavy (non-hydrogen) atoms. The van der Waals surface area contributed by atoms with Crippen molar-refractivity contribution in [2.45, 2.75) is 58.8 Å². The van der Waals surface area contributed by atoms with Crippen molar-refractivity contribution >= 4 is 29.8 Å². The van der Waals surface area contributed by atoms with Gasteiger partial charge in [0, 0.05) is 0 Å². The number of carboxylic acid groups (broad SMARTS) is 1. The van der Waals surface area contributed by atoms with Gasteiger partial charge in [0.25, 0.3) is 0 Å². The minimum absolute atomic E-state index is 0.0765. The van der Waals surface area contributed by atoms with E-state index >= 15 is 0 Å². The molecule has 0 spiro atoms. The van der Waals surface area contributed by atoms with E-state index in [1.807, 2.05) is 0 Å². The average Bonchev–Trinajstić information content (AvgIpc) is 2.50. The van der Waals surface area contributed by atoms with Gasteiger partial charge in [0.2, 0.25) is 5.96 Å². The van der Waals surface area contributed by atoms with Crippen molar-refractivity contribution in [2.75, 3.05) is 0 Å². The van der Waals surface area contributed by atoms with Crippen molar-refractivity contribution in [3.05, 3.63) is 29.8 Å². The first-order valence-corrected chi connectivity index (χ1v) is 8.76. The third kappa shape index (κ3) is 9.56. The van der Waals surface area contributed by atoms with Crippen molar-refractivity contribution < 1.29 is 34.1 Å². The van der Waals surface area contributed by atoms with Crippen LogP contribution in [0.1, 0.15) is 53.2 Å². The summed E-state index contributed by atoms with van der Waals surface area (Å²) in [6.45, 7) is 10.0. The van der Waals surface area contributed by atoms with Crippen molar-refractivity contribution in [1.29, 1.82) is 0 Å². The summed E-state index contributed by atoms with van der Waals surface area (Å²) in [5.74, 6) is -1.72. The molecule has 0 aliphatic heterocycles. The van der Waals surface area contributed by atoms with E-state index in [0.29, 0.717) is 0 Å². The molecule has 2 amide bonds. The monoisotopic (exact) mass is 409 g/mol. The number of amides is 2. The molecule has 10 heteroatoms. The summed E-state index contributed by atoms with van der Waals surface area (Å²) in [6.07, 6.45) is -3.48. The van der Waals surface area contributed by atoms with E-state index in [2.05, 4.69) is 15.6 Å². The Balaban J connectivity index is 3.15. The predicted molar refractivity (Wildman–Crippen MR) is 105 cm³/mol. The van der Waals surface area contributed by atoms with Crippen molar-refractivity contribution in [2.24, 2.45) is 4.99 Å². The van der Waals surface area contributed by atoms with Gasteiger partial charge in [-0.15, -0.1) is 0 Å². The first-order valence-electron chi connectivity index (χ1n) is 8.76. The molecule has 4 N–H and O–H groups in total. The molecule has 1 aromatic rings. The van der Waals surface area contributed by atoms with Crippen LogP contribution < -0.4 is 10.6 Å². The number of alkyl carbamates (subject to hydrolysis) is 2. The molecule has 0 aliphatic carbocycles. The molecule has 160 valence electrons. The van der Waals surface area contributed by atoms with Crippen molar-refractivity contribution in [1.82, 2.24) is 10.6 Å². The smallest absolute Gasteiger partial charge is 0.414 e. The third-order valence-corrected chi connectivity index (χ3v) is 2.90. The number of nitrogens with one attached hydrogen (secondary N) is 2. The van der Waals surface area contributed by atoms with Crippen LogP contribution in [0.4, 0.5) is 15.3 Å². The molecular weight excluding hydrogens is 382 g/mol. The van der Waals surface area contributed by atoms with Crippen LogP contribution in [0, 0.1) is 0 Å². The highest BCUT2D eigenvalue weighted by Crippen LogP contribution is 2.20. The molecule has 0 radical (unpaired) electrons. The largest absolute Gasteiger partial charge is 0.479 e. The Hall–Kier alpha value is -3.14. The highest BCUT2D eigenvalue weighted by molar-refractivity contribution is 6.02. The number of aliphatic imine (C=N–C) groups is 1. The standard InChI is InChI=1S/C19H27N3O7/c1-18(2,3)28-16(26)21-15(22-17(27)29-19(4,5)6)20-12-9-7-8-11(10-12)13(23)14(24)25/h7-10,13,23H,1-6H3,(H,24,25)(H2,20,21,22,26,27). The number of carbonyl (C=O) groups excluding carboxylic acids is 2. The Kier molecular flexibility index (Phi) is 7.72. The Morgan fingerprint density at radius 1 is 0.966 bits per heavy atom. The van der Waals surface area contributed by atoms with Gasteiger partial charge in [-0.3, -0.25) is 10.6 Å². The number of hydrogen-bond donors (Lipinski definition) is 4. The summed E-state index contributed by atoms with van der Waals surface area (Å²) in [5, 5.41) is 23.2. The maximum atomic E-state index is 12.1. The molecule has 1 unspecified atom stereocenters. The SMILES string of the molecule is CC(C)(C)OC(=O)NC(=Nc1cccc(C(O)C(=O)O)c1)NC(=O)OC(C)(C)C. The summed E-state index contributed by atoms with van der Waals surface area (Å²) in [7, 11) is 0. The summed E-state index contributed by atoms with van der Waals surface area (Å²) in [6, 6.07) is 5.66. The zero-order chi connectivity index (χ0) is 22.4. The van der Waals surface area contributed by atoms with Gasteiger partial charge in [0.05, 0.1) is 5.69 Å². The van der Waals surface area contributed by atoms with Gasteiger partial charge in [-0.25, -0.2) is 19.4 Å². The van der Waals surface area contributed by atoms with Crippen LogP contribution >= 0.6 is 0 Å². The van der Waals surface area contributed by atoms with Crippen LogP contribution in [0.5, 0.6) is 0 Å². The number of aliphatic hydroxyl groups is 1. The Labute approximate surface area is 168 Å². The van der Waals surface area contributed by atoms with Gasteiger partial charge < -0.3 is 19.7 Å². The second-order valence-electron chi connectivity index (χ2n) is 8.05. The lowest BCUT2D eigenvalue weighted by Gasteiger charge is -2.22. The highest BCUT2D eigenvalue weighted by atomic mass is 16.6. The quantitative estimate of drug-likeness (QED) is 0.443. The second kappa shape index (κ2) is 9.37. The Bertz CT molecular complexity index is 760. The van der Waals surface area contributed by atoms with Gasteiger partial charge in [0.15, 0.2) is 6.10 Å². The van der Waals surface area contributed by atoms with E-state index in [9.17, 15) is 19.5 Å². The molecule has 0 saturated heterocycles. The predicted octanol–water partition coefficient (Wildman–Crippen LogP) is 2.84. The fraction of sp³-hybridized carbons (Fsp3) is 0.474. The number of benzene rings is 1. The van der Waals surface area contributed by atoms with Crippen LogP contribution in [-0.2, 0) is 14.3 Å². The van der Waals surface area contributed by atoms with Gasteiger partial charge >= 0.3 is 18.2 Å². The first kappa shape index (κ1) is 23.9. The minimum atomic E-state index is -1.74. The van der Waals surface area contributed by atoms with E-state index in [1.165, 1.54) is 24.3 Å². The van der Waals surface area contributed by atoms with E-state index in [0.717, 1.165) is 0 Å². The maximum absolute atomic E-state index is 12.1. The fourth-order valence-electron chi connectivity index (χ4n) is 1.92. The third-order valence-electron chi connectivity index (χ3n) is 2.90. The summed E-state index contributed by atoms with van der Waals surface area (Å²) < 4.78 is 10.3. The first-order chi connectivity index (χ1) is 13.2. The number of aliphatic hydroxyl groups excluding tert-OH is 1. The summed E-state index contributed by atoms with van der Waals surface area (Å²) in [5.41, 5.74) is -1.32. The molecule has 0 aliphatic rings. The number of guanidine groups is 1. The van der Waals surface area contributed by atoms with Crippen molar-refractivity contribution in [3.8, 4) is 0 Å².